The largest absolute Gasteiger partial charge is 0.481 e. The van der Waals surface area contributed by atoms with Gasteiger partial charge in [0, 0.05) is 0 Å². The minimum absolute atomic E-state index is 0.161. The fourth-order valence-electron chi connectivity index (χ4n) is 3.99. The topological polar surface area (TPSA) is 57.5 Å². The molecule has 2 N–H and O–H groups in total. The van der Waals surface area contributed by atoms with Gasteiger partial charge in [0.1, 0.15) is 0 Å². The Kier molecular flexibility index (Phi) is 5.03. The first-order valence-electron chi connectivity index (χ1n) is 7.63. The summed E-state index contributed by atoms with van der Waals surface area (Å²) in [6.07, 6.45) is 10.9. The maximum Gasteiger partial charge on any atom is 0.306 e. The third kappa shape index (κ3) is 3.82. The van der Waals surface area contributed by atoms with Gasteiger partial charge in [-0.2, -0.15) is 0 Å². The molecule has 2 fully saturated rings. The van der Waals surface area contributed by atoms with E-state index in [0.29, 0.717) is 18.3 Å². The van der Waals surface area contributed by atoms with Crippen LogP contribution in [-0.2, 0) is 4.79 Å². The number of rotatable bonds is 7. The van der Waals surface area contributed by atoms with Crippen LogP contribution in [0, 0.1) is 23.7 Å². The zero-order valence-corrected chi connectivity index (χ0v) is 11.8. The number of allylic oxidation sites excluding steroid dienone is 1. The molecule has 2 aliphatic carbocycles. The summed E-state index contributed by atoms with van der Waals surface area (Å²) in [5, 5.41) is 18.6. The molecule has 1 unspecified atom stereocenters. The van der Waals surface area contributed by atoms with Crippen LogP contribution >= 0.6 is 0 Å². The number of hydrogen-bond donors (Lipinski definition) is 2. The first-order chi connectivity index (χ1) is 9.08. The molecule has 5 atom stereocenters. The summed E-state index contributed by atoms with van der Waals surface area (Å²) in [7, 11) is 0. The maximum atomic E-state index is 11.5. The normalized spacial score (nSPS) is 32.8. The Morgan fingerprint density at radius 1 is 1.32 bits per heavy atom. The van der Waals surface area contributed by atoms with Crippen molar-refractivity contribution < 1.29 is 15.0 Å². The molecule has 2 rings (SSSR count). The van der Waals surface area contributed by atoms with Crippen molar-refractivity contribution in [3.8, 4) is 0 Å². The summed E-state index contributed by atoms with van der Waals surface area (Å²) >= 11 is 0. The van der Waals surface area contributed by atoms with E-state index in [1.165, 1.54) is 19.3 Å². The van der Waals surface area contributed by atoms with E-state index in [1.807, 2.05) is 12.2 Å². The van der Waals surface area contributed by atoms with Crippen molar-refractivity contribution in [1.29, 1.82) is 0 Å². The van der Waals surface area contributed by atoms with E-state index in [4.69, 9.17) is 5.11 Å². The van der Waals surface area contributed by atoms with E-state index in [1.54, 1.807) is 6.92 Å². The molecule has 0 heterocycles. The number of hydrogen-bond acceptors (Lipinski definition) is 2. The predicted octanol–water partition coefficient (Wildman–Crippen LogP) is 3.23. The standard InChI is InChI=1S/C16H26O3/c1-11(17)5-3-2-4-6-14(16(18)19)15-10-12-7-8-13(15)9-12/h2-3,11-15,17H,4-10H2,1H3,(H,18,19)/b3-2+/t11-,12-,13+,14?,15+/m0/s1. The fourth-order valence-corrected chi connectivity index (χ4v) is 3.99. The van der Waals surface area contributed by atoms with Crippen LogP contribution in [0.1, 0.15) is 51.9 Å². The molecule has 2 aliphatic rings. The Balaban J connectivity index is 1.80. The lowest BCUT2D eigenvalue weighted by molar-refractivity contribution is -0.144. The highest BCUT2D eigenvalue weighted by molar-refractivity contribution is 5.70. The van der Waals surface area contributed by atoms with E-state index in [2.05, 4.69) is 0 Å². The lowest BCUT2D eigenvalue weighted by Gasteiger charge is -2.27. The molecule has 0 aliphatic heterocycles. The molecule has 3 heteroatoms. The smallest absolute Gasteiger partial charge is 0.306 e. The van der Waals surface area contributed by atoms with Gasteiger partial charge in [0.2, 0.25) is 0 Å². The quantitative estimate of drug-likeness (QED) is 0.696. The van der Waals surface area contributed by atoms with Gasteiger partial charge in [0.25, 0.3) is 0 Å². The summed E-state index contributed by atoms with van der Waals surface area (Å²) in [5.74, 6) is 1.13. The molecule has 0 saturated heterocycles. The van der Waals surface area contributed by atoms with Crippen LogP contribution in [0.25, 0.3) is 0 Å². The molecule has 19 heavy (non-hydrogen) atoms. The summed E-state index contributed by atoms with van der Waals surface area (Å²) < 4.78 is 0. The average molecular weight is 266 g/mol. The van der Waals surface area contributed by atoms with Crippen molar-refractivity contribution in [2.45, 2.75) is 58.0 Å². The van der Waals surface area contributed by atoms with Gasteiger partial charge in [-0.3, -0.25) is 4.79 Å². The van der Waals surface area contributed by atoms with Gasteiger partial charge in [-0.05, 0) is 63.2 Å². The lowest BCUT2D eigenvalue weighted by Crippen LogP contribution is -2.27. The third-order valence-corrected chi connectivity index (χ3v) is 4.92. The van der Waals surface area contributed by atoms with Gasteiger partial charge in [0.15, 0.2) is 0 Å². The molecular weight excluding hydrogens is 240 g/mol. The van der Waals surface area contributed by atoms with Crippen LogP contribution in [-0.4, -0.2) is 22.3 Å². The molecule has 0 amide bonds. The van der Waals surface area contributed by atoms with E-state index in [9.17, 15) is 9.90 Å². The van der Waals surface area contributed by atoms with Gasteiger partial charge in [-0.1, -0.05) is 18.6 Å². The van der Waals surface area contributed by atoms with E-state index in [0.717, 1.165) is 25.2 Å². The van der Waals surface area contributed by atoms with Crippen molar-refractivity contribution in [1.82, 2.24) is 0 Å². The minimum atomic E-state index is -0.610. The summed E-state index contributed by atoms with van der Waals surface area (Å²) in [6.45, 7) is 1.76. The monoisotopic (exact) mass is 266 g/mol. The molecule has 0 spiro atoms. The Morgan fingerprint density at radius 2 is 2.11 bits per heavy atom. The Morgan fingerprint density at radius 3 is 2.63 bits per heavy atom. The van der Waals surface area contributed by atoms with Crippen molar-refractivity contribution in [2.75, 3.05) is 0 Å². The third-order valence-electron chi connectivity index (χ3n) is 4.92. The van der Waals surface area contributed by atoms with Gasteiger partial charge in [-0.25, -0.2) is 0 Å². The molecule has 0 aromatic rings. The first-order valence-corrected chi connectivity index (χ1v) is 7.63. The molecule has 2 saturated carbocycles. The number of aliphatic hydroxyl groups excluding tert-OH is 1. The summed E-state index contributed by atoms with van der Waals surface area (Å²) in [4.78, 5) is 11.5. The van der Waals surface area contributed by atoms with Gasteiger partial charge >= 0.3 is 5.97 Å². The van der Waals surface area contributed by atoms with Crippen LogP contribution in [0.2, 0.25) is 0 Å². The number of fused-ring (bicyclic) bond motifs is 2. The second kappa shape index (κ2) is 6.56. The minimum Gasteiger partial charge on any atom is -0.481 e. The molecule has 0 radical (unpaired) electrons. The van der Waals surface area contributed by atoms with Crippen LogP contribution in [0.15, 0.2) is 12.2 Å². The Hall–Kier alpha value is -0.830. The van der Waals surface area contributed by atoms with Crippen molar-refractivity contribution >= 4 is 5.97 Å². The SMILES string of the molecule is C[C@H](O)C/C=C/CCC(C(=O)O)[C@@H]1C[C@H]2CC[C@@H]1C2. The van der Waals surface area contributed by atoms with Gasteiger partial charge in [-0.15, -0.1) is 0 Å². The second-order valence-electron chi connectivity index (χ2n) is 6.42. The summed E-state index contributed by atoms with van der Waals surface area (Å²) in [5.41, 5.74) is 0. The van der Waals surface area contributed by atoms with Gasteiger partial charge in [0.05, 0.1) is 12.0 Å². The van der Waals surface area contributed by atoms with E-state index >= 15 is 0 Å². The second-order valence-corrected chi connectivity index (χ2v) is 6.42. The van der Waals surface area contributed by atoms with E-state index < -0.39 is 5.97 Å². The highest BCUT2D eigenvalue weighted by Gasteiger charge is 2.44. The number of carboxylic acids is 1. The van der Waals surface area contributed by atoms with Crippen molar-refractivity contribution in [2.24, 2.45) is 23.7 Å². The number of aliphatic hydroxyl groups is 1. The molecular formula is C16H26O3. The van der Waals surface area contributed by atoms with Gasteiger partial charge < -0.3 is 10.2 Å². The van der Waals surface area contributed by atoms with Crippen LogP contribution in [0.4, 0.5) is 0 Å². The molecule has 2 bridgehead atoms. The lowest BCUT2D eigenvalue weighted by atomic mass is 9.77. The Bertz CT molecular complexity index is 335. The van der Waals surface area contributed by atoms with Crippen molar-refractivity contribution in [3.05, 3.63) is 12.2 Å². The number of aliphatic carboxylic acids is 1. The highest BCUT2D eigenvalue weighted by atomic mass is 16.4. The first kappa shape index (κ1) is 14.6. The van der Waals surface area contributed by atoms with Crippen LogP contribution in [0.5, 0.6) is 0 Å². The molecule has 0 aromatic heterocycles. The number of carboxylic acid groups (broad SMARTS) is 1. The fraction of sp³-hybridized carbons (Fsp3) is 0.812. The van der Waals surface area contributed by atoms with Crippen molar-refractivity contribution in [3.63, 3.8) is 0 Å². The molecule has 108 valence electrons. The number of carbonyl (C=O) groups is 1. The van der Waals surface area contributed by atoms with Crippen LogP contribution in [0.3, 0.4) is 0 Å². The zero-order chi connectivity index (χ0) is 13.8. The maximum absolute atomic E-state index is 11.5. The summed E-state index contributed by atoms with van der Waals surface area (Å²) in [6, 6.07) is 0. The predicted molar refractivity (Wildman–Crippen MR) is 74.7 cm³/mol. The molecule has 3 nitrogen and oxygen atoms in total. The molecule has 0 aromatic carbocycles. The average Bonchev–Trinajstić information content (AvgIpc) is 2.94. The highest BCUT2D eigenvalue weighted by Crippen LogP contribution is 2.51. The van der Waals surface area contributed by atoms with E-state index in [-0.39, 0.29) is 12.0 Å². The van der Waals surface area contributed by atoms with Crippen LogP contribution < -0.4 is 0 Å². The zero-order valence-electron chi connectivity index (χ0n) is 11.8. The Labute approximate surface area is 115 Å².